The molecule has 0 aliphatic heterocycles. The molecule has 0 unspecified atom stereocenters. The van der Waals surface area contributed by atoms with Gasteiger partial charge in [0, 0.05) is 0 Å². The number of ether oxygens (including phenoxy) is 1. The first-order valence-electron chi connectivity index (χ1n) is 6.02. The van der Waals surface area contributed by atoms with Crippen LogP contribution in [0.5, 0.6) is 5.75 Å². The molecule has 0 bridgehead atoms. The minimum Gasteiger partial charge on any atom is -0.488 e. The highest BCUT2D eigenvalue weighted by molar-refractivity contribution is 5.39. The highest BCUT2D eigenvalue weighted by atomic mass is 19.4. The molecule has 0 saturated heterocycles. The fourth-order valence-corrected chi connectivity index (χ4v) is 1.66. The van der Waals surface area contributed by atoms with E-state index in [0.717, 1.165) is 6.42 Å². The summed E-state index contributed by atoms with van der Waals surface area (Å²) >= 11 is 0. The second kappa shape index (κ2) is 5.21. The molecule has 0 atom stereocenters. The van der Waals surface area contributed by atoms with Crippen molar-refractivity contribution in [1.82, 2.24) is 0 Å². The van der Waals surface area contributed by atoms with E-state index in [1.54, 1.807) is 26.8 Å². The van der Waals surface area contributed by atoms with Crippen LogP contribution in [-0.2, 0) is 12.6 Å². The molecule has 1 rings (SSSR count). The van der Waals surface area contributed by atoms with Gasteiger partial charge in [0.25, 0.3) is 0 Å². The largest absolute Gasteiger partial charge is 0.488 e. The molecule has 0 radical (unpaired) electrons. The maximum atomic E-state index is 13.0. The van der Waals surface area contributed by atoms with Crippen LogP contribution in [0.3, 0.4) is 0 Å². The van der Waals surface area contributed by atoms with Gasteiger partial charge in [-0.05, 0) is 44.9 Å². The second-order valence-electron chi connectivity index (χ2n) is 5.29. The second-order valence-corrected chi connectivity index (χ2v) is 5.29. The van der Waals surface area contributed by atoms with Gasteiger partial charge in [0.15, 0.2) is 0 Å². The zero-order valence-electron chi connectivity index (χ0n) is 11.2. The van der Waals surface area contributed by atoms with Crippen molar-refractivity contribution in [2.45, 2.75) is 52.3 Å². The molecule has 0 aromatic heterocycles. The Morgan fingerprint density at radius 3 is 2.17 bits per heavy atom. The molecule has 4 heteroatoms. The molecule has 0 spiro atoms. The average Bonchev–Trinajstić information content (AvgIpc) is 2.17. The third-order valence-corrected chi connectivity index (χ3v) is 2.30. The van der Waals surface area contributed by atoms with Gasteiger partial charge in [-0.3, -0.25) is 0 Å². The first-order chi connectivity index (χ1) is 8.13. The van der Waals surface area contributed by atoms with Crippen LogP contribution in [0.2, 0.25) is 0 Å². The Kier molecular flexibility index (Phi) is 4.30. The van der Waals surface area contributed by atoms with E-state index in [9.17, 15) is 13.2 Å². The van der Waals surface area contributed by atoms with Crippen LogP contribution in [-0.4, -0.2) is 5.60 Å². The molecule has 1 aromatic carbocycles. The van der Waals surface area contributed by atoms with Crippen molar-refractivity contribution in [3.63, 3.8) is 0 Å². The molecule has 1 nitrogen and oxygen atoms in total. The number of aryl methyl sites for hydroxylation is 1. The van der Waals surface area contributed by atoms with E-state index in [-0.39, 0.29) is 5.75 Å². The Bertz CT molecular complexity index is 402. The Labute approximate surface area is 106 Å². The van der Waals surface area contributed by atoms with Crippen molar-refractivity contribution >= 4 is 0 Å². The van der Waals surface area contributed by atoms with Gasteiger partial charge in [-0.1, -0.05) is 19.4 Å². The van der Waals surface area contributed by atoms with Crippen molar-refractivity contribution in [1.29, 1.82) is 0 Å². The lowest BCUT2D eigenvalue weighted by molar-refractivity contribution is -0.139. The van der Waals surface area contributed by atoms with Gasteiger partial charge < -0.3 is 4.74 Å². The van der Waals surface area contributed by atoms with Gasteiger partial charge in [0.1, 0.15) is 11.4 Å². The lowest BCUT2D eigenvalue weighted by Gasteiger charge is -2.24. The molecule has 0 heterocycles. The van der Waals surface area contributed by atoms with Crippen LogP contribution in [0.1, 0.15) is 45.2 Å². The van der Waals surface area contributed by atoms with E-state index in [4.69, 9.17) is 4.74 Å². The van der Waals surface area contributed by atoms with Gasteiger partial charge in [-0.2, -0.15) is 13.2 Å². The molecule has 0 fully saturated rings. The highest BCUT2D eigenvalue weighted by Gasteiger charge is 2.35. The van der Waals surface area contributed by atoms with Crippen LogP contribution in [0, 0.1) is 0 Å². The molecule has 0 N–H and O–H groups in total. The molecule has 102 valence electrons. The molecule has 0 saturated carbocycles. The van der Waals surface area contributed by atoms with Crippen molar-refractivity contribution in [2.24, 2.45) is 0 Å². The number of alkyl halides is 3. The summed E-state index contributed by atoms with van der Waals surface area (Å²) in [6.07, 6.45) is -2.93. The molecule has 18 heavy (non-hydrogen) atoms. The Hall–Kier alpha value is -1.19. The maximum Gasteiger partial charge on any atom is 0.419 e. The van der Waals surface area contributed by atoms with E-state index in [1.165, 1.54) is 12.1 Å². The SMILES string of the molecule is CCCc1ccc(OC(C)(C)C)c(C(F)(F)F)c1. The summed E-state index contributed by atoms with van der Waals surface area (Å²) in [6.45, 7) is 7.13. The van der Waals surface area contributed by atoms with Crippen molar-refractivity contribution in [3.05, 3.63) is 29.3 Å². The quantitative estimate of drug-likeness (QED) is 0.756. The fourth-order valence-electron chi connectivity index (χ4n) is 1.66. The average molecular weight is 260 g/mol. The molecule has 0 aliphatic carbocycles. The minimum absolute atomic E-state index is 0.102. The van der Waals surface area contributed by atoms with E-state index in [2.05, 4.69) is 0 Å². The van der Waals surface area contributed by atoms with Crippen LogP contribution in [0.25, 0.3) is 0 Å². The first-order valence-corrected chi connectivity index (χ1v) is 6.02. The zero-order chi connectivity index (χ0) is 14.0. The summed E-state index contributed by atoms with van der Waals surface area (Å²) in [5, 5.41) is 0. The molecular formula is C14H19F3O. The van der Waals surface area contributed by atoms with Crippen molar-refractivity contribution < 1.29 is 17.9 Å². The maximum absolute atomic E-state index is 13.0. The lowest BCUT2D eigenvalue weighted by Crippen LogP contribution is -2.24. The van der Waals surface area contributed by atoms with Crippen molar-refractivity contribution in [3.8, 4) is 5.75 Å². The predicted molar refractivity (Wildman–Crippen MR) is 65.8 cm³/mol. The third kappa shape index (κ3) is 4.24. The van der Waals surface area contributed by atoms with Crippen LogP contribution in [0.15, 0.2) is 18.2 Å². The number of halogens is 3. The van der Waals surface area contributed by atoms with E-state index in [1.807, 2.05) is 6.92 Å². The monoisotopic (exact) mass is 260 g/mol. The van der Waals surface area contributed by atoms with Gasteiger partial charge >= 0.3 is 6.18 Å². The van der Waals surface area contributed by atoms with Crippen LogP contribution in [0.4, 0.5) is 13.2 Å². The van der Waals surface area contributed by atoms with E-state index < -0.39 is 17.3 Å². The van der Waals surface area contributed by atoms with Crippen LogP contribution < -0.4 is 4.74 Å². The minimum atomic E-state index is -4.38. The topological polar surface area (TPSA) is 9.23 Å². The van der Waals surface area contributed by atoms with Gasteiger partial charge in [0.05, 0.1) is 5.56 Å². The standard InChI is InChI=1S/C14H19F3O/c1-5-6-10-7-8-12(18-13(2,3)4)11(9-10)14(15,16)17/h7-9H,5-6H2,1-4H3. The van der Waals surface area contributed by atoms with Crippen molar-refractivity contribution in [2.75, 3.05) is 0 Å². The number of hydrogen-bond acceptors (Lipinski definition) is 1. The van der Waals surface area contributed by atoms with Gasteiger partial charge in [0.2, 0.25) is 0 Å². The first kappa shape index (κ1) is 14.9. The highest BCUT2D eigenvalue weighted by Crippen LogP contribution is 2.38. The van der Waals surface area contributed by atoms with Crippen LogP contribution >= 0.6 is 0 Å². The summed E-state index contributed by atoms with van der Waals surface area (Å²) in [5.41, 5.74) is -0.652. The molecule has 1 aromatic rings. The van der Waals surface area contributed by atoms with E-state index >= 15 is 0 Å². The van der Waals surface area contributed by atoms with Gasteiger partial charge in [-0.25, -0.2) is 0 Å². The smallest absolute Gasteiger partial charge is 0.419 e. The third-order valence-electron chi connectivity index (χ3n) is 2.30. The fraction of sp³-hybridized carbons (Fsp3) is 0.571. The molecular weight excluding hydrogens is 241 g/mol. The summed E-state index contributed by atoms with van der Waals surface area (Å²) in [5.74, 6) is -0.102. The molecule has 0 amide bonds. The molecule has 0 aliphatic rings. The van der Waals surface area contributed by atoms with Gasteiger partial charge in [-0.15, -0.1) is 0 Å². The Morgan fingerprint density at radius 1 is 1.11 bits per heavy atom. The summed E-state index contributed by atoms with van der Waals surface area (Å²) in [4.78, 5) is 0. The number of rotatable bonds is 3. The number of benzene rings is 1. The Morgan fingerprint density at radius 2 is 1.72 bits per heavy atom. The normalized spacial score (nSPS) is 12.6. The summed E-state index contributed by atoms with van der Waals surface area (Å²) in [7, 11) is 0. The van der Waals surface area contributed by atoms with E-state index in [0.29, 0.717) is 12.0 Å². The summed E-state index contributed by atoms with van der Waals surface area (Å²) in [6, 6.07) is 4.30. The number of hydrogen-bond donors (Lipinski definition) is 0. The Balaban J connectivity index is 3.17. The summed E-state index contributed by atoms with van der Waals surface area (Å²) < 4.78 is 44.3. The lowest BCUT2D eigenvalue weighted by atomic mass is 10.0. The zero-order valence-corrected chi connectivity index (χ0v) is 11.2. The predicted octanol–water partition coefficient (Wildman–Crippen LogP) is 4.84.